The van der Waals surface area contributed by atoms with E-state index in [1.54, 1.807) is 18.2 Å². The van der Waals surface area contributed by atoms with Gasteiger partial charge in [0, 0.05) is 5.69 Å². The molecule has 1 N–H and O–H groups in total. The quantitative estimate of drug-likeness (QED) is 0.538. The van der Waals surface area contributed by atoms with Crippen LogP contribution in [0.1, 0.15) is 35.8 Å². The molecule has 31 heavy (non-hydrogen) atoms. The molecular weight excluding hydrogens is 411 g/mol. The molecule has 0 bridgehead atoms. The molecule has 158 valence electrons. The molecule has 0 aliphatic carbocycles. The Hall–Kier alpha value is -3.12. The minimum absolute atomic E-state index is 0.0557. The number of hydrogen-bond acceptors (Lipinski definition) is 3. The maximum absolute atomic E-state index is 14.3. The summed E-state index contributed by atoms with van der Waals surface area (Å²) < 4.78 is 14.3. The van der Waals surface area contributed by atoms with Crippen molar-refractivity contribution in [1.29, 1.82) is 0 Å². The van der Waals surface area contributed by atoms with Crippen molar-refractivity contribution in [2.75, 3.05) is 16.0 Å². The summed E-state index contributed by atoms with van der Waals surface area (Å²) >= 11 is 1.46. The maximum Gasteiger partial charge on any atom is 0.238 e. The van der Waals surface area contributed by atoms with Crippen LogP contribution in [0.2, 0.25) is 0 Å². The molecule has 3 aromatic rings. The van der Waals surface area contributed by atoms with Crippen LogP contribution in [-0.4, -0.2) is 17.6 Å². The number of amides is 2. The first kappa shape index (κ1) is 21.1. The van der Waals surface area contributed by atoms with E-state index < -0.39 is 5.82 Å². The summed E-state index contributed by atoms with van der Waals surface area (Å²) in [6.07, 6.45) is 0.701. The van der Waals surface area contributed by atoms with Crippen LogP contribution in [0.15, 0.2) is 78.9 Å². The van der Waals surface area contributed by atoms with Crippen molar-refractivity contribution in [1.82, 2.24) is 0 Å². The van der Waals surface area contributed by atoms with Gasteiger partial charge in [-0.2, -0.15) is 0 Å². The lowest BCUT2D eigenvalue weighted by Crippen LogP contribution is -2.28. The summed E-state index contributed by atoms with van der Waals surface area (Å²) in [5.41, 5.74) is 2.84. The van der Waals surface area contributed by atoms with Crippen LogP contribution in [-0.2, 0) is 9.59 Å². The number of anilines is 2. The summed E-state index contributed by atoms with van der Waals surface area (Å²) in [5, 5.41) is 2.68. The fourth-order valence-corrected chi connectivity index (χ4v) is 4.97. The van der Waals surface area contributed by atoms with Crippen molar-refractivity contribution in [2.45, 2.75) is 24.6 Å². The van der Waals surface area contributed by atoms with Crippen LogP contribution >= 0.6 is 11.8 Å². The molecule has 3 aromatic carbocycles. The number of nitrogens with zero attached hydrogens (tertiary/aromatic N) is 1. The Morgan fingerprint density at radius 1 is 1.06 bits per heavy atom. The van der Waals surface area contributed by atoms with E-state index in [9.17, 15) is 14.0 Å². The first-order chi connectivity index (χ1) is 15.1. The molecule has 2 atom stereocenters. The average Bonchev–Trinajstić information content (AvgIpc) is 3.17. The van der Waals surface area contributed by atoms with Crippen LogP contribution < -0.4 is 10.2 Å². The molecule has 2 unspecified atom stereocenters. The second kappa shape index (κ2) is 9.35. The van der Waals surface area contributed by atoms with Gasteiger partial charge in [-0.3, -0.25) is 14.5 Å². The second-order valence-corrected chi connectivity index (χ2v) is 8.43. The van der Waals surface area contributed by atoms with Crippen LogP contribution in [0.3, 0.4) is 0 Å². The molecular formula is C25H23FN2O2S. The highest BCUT2D eigenvalue weighted by Crippen LogP contribution is 2.42. The molecule has 1 saturated heterocycles. The van der Waals surface area contributed by atoms with Gasteiger partial charge < -0.3 is 5.32 Å². The van der Waals surface area contributed by atoms with Crippen LogP contribution in [0.4, 0.5) is 15.8 Å². The number of hydrogen-bond donors (Lipinski definition) is 1. The van der Waals surface area contributed by atoms with E-state index in [0.29, 0.717) is 17.9 Å². The van der Waals surface area contributed by atoms with E-state index >= 15 is 0 Å². The number of halogens is 1. The van der Waals surface area contributed by atoms with Crippen LogP contribution in [0, 0.1) is 5.82 Å². The van der Waals surface area contributed by atoms with E-state index in [-0.39, 0.29) is 28.8 Å². The smallest absolute Gasteiger partial charge is 0.238 e. The molecule has 0 spiro atoms. The lowest BCUT2D eigenvalue weighted by molar-refractivity contribution is -0.118. The predicted molar refractivity (Wildman–Crippen MR) is 124 cm³/mol. The van der Waals surface area contributed by atoms with Crippen molar-refractivity contribution in [2.24, 2.45) is 0 Å². The van der Waals surface area contributed by atoms with Crippen LogP contribution in [0.5, 0.6) is 0 Å². The lowest BCUT2D eigenvalue weighted by atomic mass is 9.95. The van der Waals surface area contributed by atoms with Crippen LogP contribution in [0.25, 0.3) is 0 Å². The monoisotopic (exact) mass is 434 g/mol. The van der Waals surface area contributed by atoms with Crippen molar-refractivity contribution in [3.63, 3.8) is 0 Å². The number of carbonyl (C=O) groups excluding carboxylic acids is 2. The lowest BCUT2D eigenvalue weighted by Gasteiger charge is -2.25. The topological polar surface area (TPSA) is 49.4 Å². The number of benzene rings is 3. The number of nitrogens with one attached hydrogen (secondary N) is 1. The maximum atomic E-state index is 14.3. The first-order valence-corrected chi connectivity index (χ1v) is 11.3. The van der Waals surface area contributed by atoms with E-state index in [0.717, 1.165) is 11.1 Å². The third-order valence-corrected chi connectivity index (χ3v) is 6.58. The highest BCUT2D eigenvalue weighted by Gasteiger charge is 2.35. The Morgan fingerprint density at radius 2 is 1.74 bits per heavy atom. The molecule has 0 saturated carbocycles. The van der Waals surface area contributed by atoms with Gasteiger partial charge in [-0.1, -0.05) is 61.5 Å². The first-order valence-electron chi connectivity index (χ1n) is 10.2. The SMILES string of the molecule is CCC(C(=O)Nc1ccc(C2SCC(=O)N2c2ccccc2F)cc1)c1ccccc1. The molecule has 1 fully saturated rings. The Labute approximate surface area is 185 Å². The fourth-order valence-electron chi connectivity index (χ4n) is 3.80. The molecule has 4 nitrogen and oxygen atoms in total. The molecule has 1 heterocycles. The number of para-hydroxylation sites is 1. The minimum Gasteiger partial charge on any atom is -0.326 e. The molecule has 2 amide bonds. The van der Waals surface area contributed by atoms with Gasteiger partial charge in [-0.15, -0.1) is 11.8 Å². The Morgan fingerprint density at radius 3 is 2.42 bits per heavy atom. The Bertz CT molecular complexity index is 1070. The van der Waals surface area contributed by atoms with E-state index in [1.807, 2.05) is 61.5 Å². The van der Waals surface area contributed by atoms with Crippen molar-refractivity contribution in [3.8, 4) is 0 Å². The second-order valence-electron chi connectivity index (χ2n) is 7.36. The molecule has 4 rings (SSSR count). The van der Waals surface area contributed by atoms with Crippen molar-refractivity contribution in [3.05, 3.63) is 95.8 Å². The van der Waals surface area contributed by atoms with Gasteiger partial charge in [-0.25, -0.2) is 4.39 Å². The third-order valence-electron chi connectivity index (χ3n) is 5.37. The summed E-state index contributed by atoms with van der Waals surface area (Å²) in [5.74, 6) is -0.516. The molecule has 1 aliphatic heterocycles. The van der Waals surface area contributed by atoms with Gasteiger partial charge in [0.25, 0.3) is 0 Å². The molecule has 0 aromatic heterocycles. The largest absolute Gasteiger partial charge is 0.326 e. The molecule has 0 radical (unpaired) electrons. The number of carbonyl (C=O) groups is 2. The van der Waals surface area contributed by atoms with Gasteiger partial charge in [0.15, 0.2) is 0 Å². The summed E-state index contributed by atoms with van der Waals surface area (Å²) in [7, 11) is 0. The van der Waals surface area contributed by atoms with E-state index in [2.05, 4.69) is 5.32 Å². The average molecular weight is 435 g/mol. The third kappa shape index (κ3) is 4.49. The number of thioether (sulfide) groups is 1. The van der Waals surface area contributed by atoms with Crippen molar-refractivity contribution >= 4 is 35.0 Å². The van der Waals surface area contributed by atoms with Gasteiger partial charge in [0.2, 0.25) is 11.8 Å². The van der Waals surface area contributed by atoms with E-state index in [1.165, 1.54) is 22.7 Å². The highest BCUT2D eigenvalue weighted by molar-refractivity contribution is 8.00. The number of rotatable bonds is 6. The summed E-state index contributed by atoms with van der Waals surface area (Å²) in [4.78, 5) is 26.8. The molecule has 1 aliphatic rings. The summed E-state index contributed by atoms with van der Waals surface area (Å²) in [6, 6.07) is 23.4. The zero-order valence-electron chi connectivity index (χ0n) is 17.1. The highest BCUT2D eigenvalue weighted by atomic mass is 32.2. The Kier molecular flexibility index (Phi) is 6.37. The fraction of sp³-hybridized carbons (Fsp3) is 0.200. The van der Waals surface area contributed by atoms with Gasteiger partial charge in [-0.05, 0) is 41.8 Å². The standard InChI is InChI=1S/C25H23FN2O2S/c1-2-20(17-8-4-3-5-9-17)24(30)27-19-14-12-18(13-15-19)25-28(23(29)16-31-25)22-11-7-6-10-21(22)26/h3-15,20,25H,2,16H2,1H3,(H,27,30). The normalized spacial score (nSPS) is 16.9. The van der Waals surface area contributed by atoms with Crippen molar-refractivity contribution < 1.29 is 14.0 Å². The van der Waals surface area contributed by atoms with Gasteiger partial charge in [0.1, 0.15) is 11.2 Å². The zero-order chi connectivity index (χ0) is 21.8. The summed E-state index contributed by atoms with van der Waals surface area (Å²) in [6.45, 7) is 1.99. The minimum atomic E-state index is -0.418. The zero-order valence-corrected chi connectivity index (χ0v) is 17.9. The molecule has 6 heteroatoms. The predicted octanol–water partition coefficient (Wildman–Crippen LogP) is 5.74. The van der Waals surface area contributed by atoms with Gasteiger partial charge in [0.05, 0.1) is 17.4 Å². The van der Waals surface area contributed by atoms with Gasteiger partial charge >= 0.3 is 0 Å². The Balaban J connectivity index is 1.51. The van der Waals surface area contributed by atoms with E-state index in [4.69, 9.17) is 0 Å².